The van der Waals surface area contributed by atoms with Gasteiger partial charge >= 0.3 is 0 Å². The Bertz CT molecular complexity index is 439. The summed E-state index contributed by atoms with van der Waals surface area (Å²) < 4.78 is 0. The summed E-state index contributed by atoms with van der Waals surface area (Å²) in [4.78, 5) is 0. The molecular formula is C24H40. The molecule has 3 aliphatic rings. The van der Waals surface area contributed by atoms with E-state index in [0.717, 1.165) is 35.5 Å². The Morgan fingerprint density at radius 1 is 0.875 bits per heavy atom. The van der Waals surface area contributed by atoms with Crippen LogP contribution < -0.4 is 0 Å². The van der Waals surface area contributed by atoms with Gasteiger partial charge in [0.25, 0.3) is 0 Å². The molecule has 0 aliphatic heterocycles. The Morgan fingerprint density at radius 2 is 1.46 bits per heavy atom. The molecule has 3 aliphatic carbocycles. The Balaban J connectivity index is 1.67. The van der Waals surface area contributed by atoms with Crippen molar-refractivity contribution in [2.24, 2.45) is 41.4 Å². The van der Waals surface area contributed by atoms with Crippen LogP contribution in [0.1, 0.15) is 85.0 Å². The summed E-state index contributed by atoms with van der Waals surface area (Å²) in [5, 5.41) is 0. The minimum absolute atomic E-state index is 0.623. The van der Waals surface area contributed by atoms with Crippen LogP contribution in [0.5, 0.6) is 0 Å². The highest BCUT2D eigenvalue weighted by Gasteiger charge is 2.43. The molecule has 0 heterocycles. The first kappa shape index (κ1) is 18.3. The number of hydrogen-bond acceptors (Lipinski definition) is 0. The van der Waals surface area contributed by atoms with Crippen LogP contribution >= 0.6 is 0 Å². The molecule has 0 spiro atoms. The zero-order valence-corrected chi connectivity index (χ0v) is 16.5. The molecule has 3 rings (SSSR count). The molecule has 0 aromatic rings. The van der Waals surface area contributed by atoms with Crippen LogP contribution in [0.25, 0.3) is 0 Å². The maximum atomic E-state index is 4.66. The van der Waals surface area contributed by atoms with Crippen LogP contribution in [0.4, 0.5) is 0 Å². The summed E-state index contributed by atoms with van der Waals surface area (Å²) in [5.41, 5.74) is 3.10. The summed E-state index contributed by atoms with van der Waals surface area (Å²) in [6.45, 7) is 16.6. The van der Waals surface area contributed by atoms with E-state index in [4.69, 9.17) is 0 Å². The van der Waals surface area contributed by atoms with Crippen LogP contribution in [0.15, 0.2) is 24.3 Å². The van der Waals surface area contributed by atoms with Crippen molar-refractivity contribution in [1.29, 1.82) is 0 Å². The second kappa shape index (κ2) is 7.79. The fourth-order valence-electron chi connectivity index (χ4n) is 6.74. The predicted molar refractivity (Wildman–Crippen MR) is 106 cm³/mol. The minimum atomic E-state index is 0.623. The van der Waals surface area contributed by atoms with E-state index >= 15 is 0 Å². The zero-order valence-electron chi connectivity index (χ0n) is 16.5. The van der Waals surface area contributed by atoms with E-state index < -0.39 is 0 Å². The number of rotatable bonds is 3. The lowest BCUT2D eigenvalue weighted by atomic mass is 9.63. The molecular weight excluding hydrogens is 288 g/mol. The van der Waals surface area contributed by atoms with Gasteiger partial charge in [0.15, 0.2) is 0 Å². The van der Waals surface area contributed by atoms with Gasteiger partial charge in [0, 0.05) is 5.92 Å². The maximum Gasteiger partial charge on any atom is 0.00380 e. The van der Waals surface area contributed by atoms with E-state index in [1.165, 1.54) is 69.8 Å². The second-order valence-electron chi connectivity index (χ2n) is 9.81. The van der Waals surface area contributed by atoms with Crippen molar-refractivity contribution in [3.8, 4) is 0 Å². The predicted octanol–water partition coefficient (Wildman–Crippen LogP) is 7.41. The highest BCUT2D eigenvalue weighted by Crippen LogP contribution is 2.53. The first-order valence-electron chi connectivity index (χ1n) is 10.8. The fourth-order valence-corrected chi connectivity index (χ4v) is 6.74. The van der Waals surface area contributed by atoms with Gasteiger partial charge in [0.05, 0.1) is 0 Å². The highest BCUT2D eigenvalue weighted by molar-refractivity contribution is 5.30. The van der Waals surface area contributed by atoms with E-state index in [0.29, 0.717) is 5.92 Å². The van der Waals surface area contributed by atoms with Crippen LogP contribution in [-0.2, 0) is 0 Å². The summed E-state index contributed by atoms with van der Waals surface area (Å²) >= 11 is 0. The summed E-state index contributed by atoms with van der Waals surface area (Å²) in [6, 6.07) is 0. The van der Waals surface area contributed by atoms with Crippen LogP contribution in [0.3, 0.4) is 0 Å². The molecule has 136 valence electrons. The molecule has 0 N–H and O–H groups in total. The van der Waals surface area contributed by atoms with E-state index in [9.17, 15) is 0 Å². The van der Waals surface area contributed by atoms with Crippen molar-refractivity contribution >= 4 is 0 Å². The summed E-state index contributed by atoms with van der Waals surface area (Å²) in [7, 11) is 0. The molecule has 3 fully saturated rings. The third-order valence-electron chi connectivity index (χ3n) is 7.71. The maximum absolute atomic E-state index is 4.66. The molecule has 0 radical (unpaired) electrons. The molecule has 24 heavy (non-hydrogen) atoms. The van der Waals surface area contributed by atoms with Crippen molar-refractivity contribution in [1.82, 2.24) is 0 Å². The van der Waals surface area contributed by atoms with Gasteiger partial charge in [-0.15, -0.1) is 0 Å². The molecule has 0 amide bonds. The normalized spacial score (nSPS) is 42.3. The second-order valence-corrected chi connectivity index (χ2v) is 9.81. The van der Waals surface area contributed by atoms with Gasteiger partial charge in [-0.05, 0) is 61.2 Å². The lowest BCUT2D eigenvalue weighted by Gasteiger charge is -2.42. The largest absolute Gasteiger partial charge is 0.0992 e. The van der Waals surface area contributed by atoms with Gasteiger partial charge in [-0.2, -0.15) is 0 Å². The third kappa shape index (κ3) is 3.83. The van der Waals surface area contributed by atoms with Crippen molar-refractivity contribution < 1.29 is 0 Å². The molecule has 0 aromatic carbocycles. The first-order valence-corrected chi connectivity index (χ1v) is 10.8. The van der Waals surface area contributed by atoms with E-state index in [1.807, 2.05) is 0 Å². The van der Waals surface area contributed by atoms with Crippen molar-refractivity contribution in [3.63, 3.8) is 0 Å². The van der Waals surface area contributed by atoms with Crippen molar-refractivity contribution in [3.05, 3.63) is 24.3 Å². The third-order valence-corrected chi connectivity index (χ3v) is 7.71. The topological polar surface area (TPSA) is 0 Å². The monoisotopic (exact) mass is 328 g/mol. The van der Waals surface area contributed by atoms with E-state index in [2.05, 4.69) is 33.9 Å². The van der Waals surface area contributed by atoms with Crippen LogP contribution in [-0.4, -0.2) is 0 Å². The van der Waals surface area contributed by atoms with Crippen LogP contribution in [0, 0.1) is 41.4 Å². The van der Waals surface area contributed by atoms with Gasteiger partial charge in [0.2, 0.25) is 0 Å². The van der Waals surface area contributed by atoms with Gasteiger partial charge in [-0.3, -0.25) is 0 Å². The number of allylic oxidation sites excluding steroid dienone is 2. The van der Waals surface area contributed by atoms with E-state index in [-0.39, 0.29) is 0 Å². The van der Waals surface area contributed by atoms with Crippen LogP contribution in [0.2, 0.25) is 0 Å². The van der Waals surface area contributed by atoms with Crippen molar-refractivity contribution in [2.45, 2.75) is 85.0 Å². The Kier molecular flexibility index (Phi) is 5.94. The zero-order chi connectivity index (χ0) is 17.3. The van der Waals surface area contributed by atoms with Crippen molar-refractivity contribution in [2.75, 3.05) is 0 Å². The van der Waals surface area contributed by atoms with Gasteiger partial charge in [-0.25, -0.2) is 0 Å². The highest BCUT2D eigenvalue weighted by atomic mass is 14.5. The SMILES string of the molecule is C=C1CC(CC2CCCCCC2)C(=C)C1C1C(C)CC(C)CC1C. The lowest BCUT2D eigenvalue weighted by molar-refractivity contribution is 0.109. The Hall–Kier alpha value is -0.520. The van der Waals surface area contributed by atoms with E-state index in [1.54, 1.807) is 5.57 Å². The summed E-state index contributed by atoms with van der Waals surface area (Å²) in [5.74, 6) is 5.69. The standard InChI is InChI=1S/C24H40/c1-16-12-17(2)23(18(3)13-16)24-19(4)14-22(20(24)5)15-21-10-8-6-7-9-11-21/h16-18,21-24H,4-15H2,1-3H3. The first-order chi connectivity index (χ1) is 11.5. The molecule has 0 nitrogen and oxygen atoms in total. The molecule has 3 saturated carbocycles. The lowest BCUT2D eigenvalue weighted by Crippen LogP contribution is -2.34. The average molecular weight is 329 g/mol. The molecule has 0 aromatic heterocycles. The van der Waals surface area contributed by atoms with Gasteiger partial charge < -0.3 is 0 Å². The quantitative estimate of drug-likeness (QED) is 0.373. The molecule has 0 saturated heterocycles. The Labute approximate surface area is 151 Å². The molecule has 4 unspecified atom stereocenters. The summed E-state index contributed by atoms with van der Waals surface area (Å²) in [6.07, 6.45) is 14.2. The fraction of sp³-hybridized carbons (Fsp3) is 0.833. The Morgan fingerprint density at radius 3 is 2.04 bits per heavy atom. The van der Waals surface area contributed by atoms with Gasteiger partial charge in [0.1, 0.15) is 0 Å². The molecule has 0 bridgehead atoms. The smallest absolute Gasteiger partial charge is 0.00380 e. The molecule has 4 atom stereocenters. The van der Waals surface area contributed by atoms with Gasteiger partial charge in [-0.1, -0.05) is 83.6 Å². The number of hydrogen-bond donors (Lipinski definition) is 0. The average Bonchev–Trinajstić information content (AvgIpc) is 2.70. The minimum Gasteiger partial charge on any atom is -0.0992 e. The molecule has 0 heteroatoms.